The number of nitriles is 1. The summed E-state index contributed by atoms with van der Waals surface area (Å²) in [4.78, 5) is 22.9. The summed E-state index contributed by atoms with van der Waals surface area (Å²) in [5.74, 6) is 1.59. The number of carbonyl (C=O) groups is 1. The highest BCUT2D eigenvalue weighted by Crippen LogP contribution is 2.46. The van der Waals surface area contributed by atoms with Crippen LogP contribution >= 0.6 is 30.1 Å². The van der Waals surface area contributed by atoms with Crippen molar-refractivity contribution in [2.75, 3.05) is 38.7 Å². The molecular weight excluding hydrogens is 541 g/mol. The fourth-order valence-corrected chi connectivity index (χ4v) is 8.79. The Hall–Kier alpha value is -0.110. The van der Waals surface area contributed by atoms with Crippen LogP contribution in [0, 0.1) is 17.2 Å². The number of hydrogen-bond donors (Lipinski definition) is 1. The molecule has 1 aliphatic heterocycles. The third-order valence-electron chi connectivity index (χ3n) is 6.03. The number of rotatable bonds is 24. The fourth-order valence-electron chi connectivity index (χ4n) is 4.08. The first-order valence-corrected chi connectivity index (χ1v) is 17.9. The third-order valence-corrected chi connectivity index (χ3v) is 11.1. The Kier molecular flexibility index (Phi) is 22.3. The first-order valence-electron chi connectivity index (χ1n) is 14.4. The molecule has 8 nitrogen and oxygen atoms in total. The average molecular weight is 594 g/mol. The van der Waals surface area contributed by atoms with E-state index < -0.39 is 8.53 Å². The molecule has 222 valence electrons. The maximum Gasteiger partial charge on any atom is 0.259 e. The molecule has 0 aromatic carbocycles. The van der Waals surface area contributed by atoms with E-state index in [1.54, 1.807) is 0 Å². The SMILES string of the molecule is CCCOOCC(CCCCNC(=O)CCCCC1CCSS1)COP(OCCC#N)N(C(C)C)C(C)C. The van der Waals surface area contributed by atoms with Crippen molar-refractivity contribution in [1.29, 1.82) is 5.26 Å². The van der Waals surface area contributed by atoms with Gasteiger partial charge in [-0.1, -0.05) is 41.4 Å². The standard InChI is InChI=1S/C27H52N3O5PS2/c1-6-18-32-33-21-25(22-35-36(34-19-11-16-28)30(23(2)3)24(4)5)12-9-10-17-29-27(31)14-8-7-13-26-15-20-37-38-26/h23-26H,6-15,17-22H2,1-5H3,(H,29,31). The van der Waals surface area contributed by atoms with Gasteiger partial charge in [0.15, 0.2) is 0 Å². The van der Waals surface area contributed by atoms with Gasteiger partial charge in [0, 0.05) is 42.0 Å². The number of hydrogen-bond acceptors (Lipinski definition) is 9. The molecule has 1 amide bonds. The van der Waals surface area contributed by atoms with Crippen LogP contribution in [-0.4, -0.2) is 66.6 Å². The summed E-state index contributed by atoms with van der Waals surface area (Å²) < 4.78 is 14.6. The number of amides is 1. The summed E-state index contributed by atoms with van der Waals surface area (Å²) in [6, 6.07) is 2.66. The molecule has 0 bridgehead atoms. The van der Waals surface area contributed by atoms with Crippen LogP contribution in [0.1, 0.15) is 98.8 Å². The van der Waals surface area contributed by atoms with Crippen molar-refractivity contribution in [2.45, 2.75) is 116 Å². The van der Waals surface area contributed by atoms with E-state index in [-0.39, 0.29) is 23.9 Å². The highest BCUT2D eigenvalue weighted by Gasteiger charge is 2.28. The van der Waals surface area contributed by atoms with E-state index in [0.717, 1.165) is 43.8 Å². The van der Waals surface area contributed by atoms with Gasteiger partial charge in [0.05, 0.1) is 38.9 Å². The second kappa shape index (κ2) is 23.6. The smallest absolute Gasteiger partial charge is 0.259 e. The molecule has 11 heteroatoms. The number of nitrogens with zero attached hydrogens (tertiary/aromatic N) is 2. The first kappa shape index (κ1) is 35.9. The Morgan fingerprint density at radius 3 is 2.53 bits per heavy atom. The molecule has 0 aromatic rings. The molecule has 3 unspecified atom stereocenters. The third kappa shape index (κ3) is 17.6. The molecule has 3 atom stereocenters. The quantitative estimate of drug-likeness (QED) is 0.0408. The van der Waals surface area contributed by atoms with Gasteiger partial charge < -0.3 is 14.4 Å². The van der Waals surface area contributed by atoms with Crippen molar-refractivity contribution in [1.82, 2.24) is 9.99 Å². The maximum atomic E-state index is 12.2. The topological polar surface area (TPSA) is 93.0 Å². The first-order chi connectivity index (χ1) is 18.4. The van der Waals surface area contributed by atoms with E-state index in [2.05, 4.69) is 43.8 Å². The van der Waals surface area contributed by atoms with Crippen LogP contribution in [0.2, 0.25) is 0 Å². The van der Waals surface area contributed by atoms with Crippen molar-refractivity contribution in [2.24, 2.45) is 5.92 Å². The van der Waals surface area contributed by atoms with Crippen LogP contribution < -0.4 is 5.32 Å². The second-order valence-corrected chi connectivity index (χ2v) is 14.5. The van der Waals surface area contributed by atoms with E-state index >= 15 is 0 Å². The predicted octanol–water partition coefficient (Wildman–Crippen LogP) is 7.25. The Balaban J connectivity index is 2.41. The van der Waals surface area contributed by atoms with E-state index in [9.17, 15) is 4.79 Å². The molecule has 0 aromatic heterocycles. The molecule has 1 rings (SSSR count). The van der Waals surface area contributed by atoms with Crippen molar-refractivity contribution >= 4 is 36.0 Å². The van der Waals surface area contributed by atoms with Crippen LogP contribution in [0.5, 0.6) is 0 Å². The van der Waals surface area contributed by atoms with E-state index in [1.807, 2.05) is 28.5 Å². The summed E-state index contributed by atoms with van der Waals surface area (Å²) in [7, 11) is 2.71. The lowest BCUT2D eigenvalue weighted by molar-refractivity contribution is -0.302. The van der Waals surface area contributed by atoms with Crippen LogP contribution in [-0.2, 0) is 23.6 Å². The summed E-state index contributed by atoms with van der Waals surface area (Å²) >= 11 is 0. The minimum absolute atomic E-state index is 0.153. The number of carbonyl (C=O) groups excluding carboxylic acids is 1. The molecule has 1 N–H and O–H groups in total. The zero-order chi connectivity index (χ0) is 28.0. The number of unbranched alkanes of at least 4 members (excludes halogenated alkanes) is 2. The lowest BCUT2D eigenvalue weighted by Crippen LogP contribution is -2.34. The van der Waals surface area contributed by atoms with Gasteiger partial charge >= 0.3 is 0 Å². The van der Waals surface area contributed by atoms with E-state index in [4.69, 9.17) is 24.1 Å². The average Bonchev–Trinajstić information content (AvgIpc) is 3.40. The summed E-state index contributed by atoms with van der Waals surface area (Å²) in [5, 5.41) is 12.8. The van der Waals surface area contributed by atoms with E-state index in [1.165, 1.54) is 18.6 Å². The van der Waals surface area contributed by atoms with Gasteiger partial charge in [-0.3, -0.25) is 4.79 Å². The van der Waals surface area contributed by atoms with Gasteiger partial charge in [0.1, 0.15) is 0 Å². The van der Waals surface area contributed by atoms with Crippen LogP contribution in [0.15, 0.2) is 0 Å². The molecule has 0 radical (unpaired) electrons. The van der Waals surface area contributed by atoms with Gasteiger partial charge in [-0.15, -0.1) is 0 Å². The normalized spacial score (nSPS) is 17.3. The van der Waals surface area contributed by atoms with Crippen LogP contribution in [0.25, 0.3) is 0 Å². The molecule has 38 heavy (non-hydrogen) atoms. The Bertz CT molecular complexity index is 628. The largest absolute Gasteiger partial charge is 0.356 e. The zero-order valence-electron chi connectivity index (χ0n) is 24.3. The van der Waals surface area contributed by atoms with Gasteiger partial charge in [0.25, 0.3) is 8.53 Å². The molecular formula is C27H52N3O5PS2. The molecule has 0 aliphatic carbocycles. The lowest BCUT2D eigenvalue weighted by Gasteiger charge is -2.36. The molecule has 1 aliphatic rings. The van der Waals surface area contributed by atoms with Gasteiger partial charge in [0.2, 0.25) is 5.91 Å². The molecule has 1 heterocycles. The minimum Gasteiger partial charge on any atom is -0.356 e. The summed E-state index contributed by atoms with van der Waals surface area (Å²) in [6.07, 6.45) is 9.33. The van der Waals surface area contributed by atoms with Crippen molar-refractivity contribution < 1.29 is 23.6 Å². The second-order valence-electron chi connectivity index (χ2n) is 10.2. The van der Waals surface area contributed by atoms with Crippen molar-refractivity contribution in [3.8, 4) is 6.07 Å². The van der Waals surface area contributed by atoms with Crippen molar-refractivity contribution in [3.63, 3.8) is 0 Å². The highest BCUT2D eigenvalue weighted by molar-refractivity contribution is 8.77. The fraction of sp³-hybridized carbons (Fsp3) is 0.926. The number of nitrogens with one attached hydrogen (secondary N) is 1. The molecule has 0 spiro atoms. The van der Waals surface area contributed by atoms with Crippen LogP contribution in [0.3, 0.4) is 0 Å². The molecule has 1 saturated heterocycles. The molecule has 1 fully saturated rings. The Morgan fingerprint density at radius 1 is 1.08 bits per heavy atom. The van der Waals surface area contributed by atoms with Gasteiger partial charge in [-0.2, -0.15) is 5.26 Å². The summed E-state index contributed by atoms with van der Waals surface area (Å²) in [6.45, 7) is 13.1. The van der Waals surface area contributed by atoms with Crippen molar-refractivity contribution in [3.05, 3.63) is 0 Å². The Morgan fingerprint density at radius 2 is 1.87 bits per heavy atom. The van der Waals surface area contributed by atoms with E-state index in [0.29, 0.717) is 45.8 Å². The lowest BCUT2D eigenvalue weighted by atomic mass is 10.0. The summed E-state index contributed by atoms with van der Waals surface area (Å²) in [5.41, 5.74) is 0. The monoisotopic (exact) mass is 593 g/mol. The van der Waals surface area contributed by atoms with Crippen LogP contribution in [0.4, 0.5) is 0 Å². The Labute approximate surface area is 241 Å². The maximum absolute atomic E-state index is 12.2. The minimum atomic E-state index is -1.28. The predicted molar refractivity (Wildman–Crippen MR) is 161 cm³/mol. The molecule has 0 saturated carbocycles. The van der Waals surface area contributed by atoms with Gasteiger partial charge in [-0.05, 0) is 66.2 Å². The highest BCUT2D eigenvalue weighted by atomic mass is 33.1. The zero-order valence-corrected chi connectivity index (χ0v) is 26.8. The van der Waals surface area contributed by atoms with Gasteiger partial charge in [-0.25, -0.2) is 14.4 Å².